The van der Waals surface area contributed by atoms with E-state index < -0.39 is 66.3 Å². The van der Waals surface area contributed by atoms with Crippen molar-refractivity contribution in [2.24, 2.45) is 4.99 Å². The number of amides is 1. The Morgan fingerprint density at radius 3 is 2.11 bits per heavy atom. The molecule has 252 valence electrons. The average molecular weight is 699 g/mol. The first-order chi connectivity index (χ1) is 20.9. The fraction of sp³-hybridized carbons (Fsp3) is 0.370. The largest absolute Gasteiger partial charge is 0.490 e. The minimum atomic E-state index is -5.08. The number of carboxylic acid groups (broad SMARTS) is 1. The Bertz CT molecular complexity index is 1760. The molecule has 11 nitrogen and oxygen atoms in total. The Morgan fingerprint density at radius 2 is 1.65 bits per heavy atom. The SMILES string of the molecule is CC(C)(C)N1C(=O)C=C(c2ccc(CC(NS(=O)(=O)c3cccc(C(F)(F)F)c3)C3=NCCN3)cc2)S1(=O)=O.O=C(O)C(F)(F)F. The van der Waals surface area contributed by atoms with Crippen LogP contribution in [-0.4, -0.2) is 74.8 Å². The van der Waals surface area contributed by atoms with E-state index in [1.165, 1.54) is 12.1 Å². The van der Waals surface area contributed by atoms with Crippen molar-refractivity contribution < 1.29 is 57.9 Å². The van der Waals surface area contributed by atoms with E-state index in [2.05, 4.69) is 15.0 Å². The highest BCUT2D eigenvalue weighted by atomic mass is 32.2. The van der Waals surface area contributed by atoms with E-state index in [-0.39, 0.29) is 16.9 Å². The minimum absolute atomic E-state index is 0.0726. The van der Waals surface area contributed by atoms with Gasteiger partial charge < -0.3 is 10.4 Å². The number of carboxylic acids is 1. The van der Waals surface area contributed by atoms with Gasteiger partial charge in [0.05, 0.1) is 28.6 Å². The fourth-order valence-electron chi connectivity index (χ4n) is 4.36. The molecule has 1 unspecified atom stereocenters. The van der Waals surface area contributed by atoms with E-state index in [0.29, 0.717) is 30.6 Å². The number of hydrogen-bond donors (Lipinski definition) is 3. The van der Waals surface area contributed by atoms with E-state index in [9.17, 15) is 48.0 Å². The number of carbonyl (C=O) groups excluding carboxylic acids is 1. The lowest BCUT2D eigenvalue weighted by Gasteiger charge is -2.30. The molecule has 1 amide bonds. The van der Waals surface area contributed by atoms with Crippen molar-refractivity contribution in [1.82, 2.24) is 14.3 Å². The van der Waals surface area contributed by atoms with Gasteiger partial charge in [-0.3, -0.25) is 9.79 Å². The second-order valence-corrected chi connectivity index (χ2v) is 14.4. The van der Waals surface area contributed by atoms with Crippen LogP contribution in [0.2, 0.25) is 0 Å². The molecule has 2 aliphatic rings. The van der Waals surface area contributed by atoms with Crippen molar-refractivity contribution >= 4 is 42.7 Å². The van der Waals surface area contributed by atoms with Gasteiger partial charge >= 0.3 is 18.3 Å². The predicted molar refractivity (Wildman–Crippen MR) is 153 cm³/mol. The van der Waals surface area contributed by atoms with Crippen LogP contribution in [0.3, 0.4) is 0 Å². The molecule has 1 atom stereocenters. The highest BCUT2D eigenvalue weighted by molar-refractivity contribution is 7.99. The highest BCUT2D eigenvalue weighted by Crippen LogP contribution is 2.35. The van der Waals surface area contributed by atoms with Crippen LogP contribution in [0.25, 0.3) is 4.91 Å². The van der Waals surface area contributed by atoms with Crippen LogP contribution in [-0.2, 0) is 42.2 Å². The number of rotatable bonds is 7. The number of aliphatic imine (C=N–C) groups is 1. The third-order valence-electron chi connectivity index (χ3n) is 6.30. The van der Waals surface area contributed by atoms with E-state index in [1.54, 1.807) is 32.9 Å². The molecule has 46 heavy (non-hydrogen) atoms. The molecule has 2 aliphatic heterocycles. The summed E-state index contributed by atoms with van der Waals surface area (Å²) >= 11 is 0. The summed E-state index contributed by atoms with van der Waals surface area (Å²) in [6, 6.07) is 8.74. The molecule has 0 bridgehead atoms. The number of sulfonamides is 2. The van der Waals surface area contributed by atoms with Crippen LogP contribution in [0.4, 0.5) is 26.3 Å². The molecular weight excluding hydrogens is 670 g/mol. The molecule has 4 rings (SSSR count). The molecule has 2 aromatic rings. The first-order valence-corrected chi connectivity index (χ1v) is 16.1. The molecule has 0 fully saturated rings. The van der Waals surface area contributed by atoms with Crippen molar-refractivity contribution in [1.29, 1.82) is 0 Å². The molecule has 3 N–H and O–H groups in total. The zero-order valence-corrected chi connectivity index (χ0v) is 25.9. The lowest BCUT2D eigenvalue weighted by molar-refractivity contribution is -0.192. The Labute approximate surface area is 260 Å². The summed E-state index contributed by atoms with van der Waals surface area (Å²) in [5.41, 5.74) is -1.15. The topological polar surface area (TPSA) is 162 Å². The Kier molecular flexibility index (Phi) is 10.3. The van der Waals surface area contributed by atoms with Crippen molar-refractivity contribution in [2.45, 2.75) is 56.0 Å². The van der Waals surface area contributed by atoms with Gasteiger partial charge in [0.1, 0.15) is 10.7 Å². The molecule has 0 spiro atoms. The number of halogens is 6. The molecule has 0 aromatic heterocycles. The number of amidine groups is 1. The molecule has 0 radical (unpaired) electrons. The Balaban J connectivity index is 0.000000738. The quantitative estimate of drug-likeness (QED) is 0.370. The Morgan fingerprint density at radius 1 is 1.07 bits per heavy atom. The summed E-state index contributed by atoms with van der Waals surface area (Å²) in [6.07, 6.45) is -8.65. The third-order valence-corrected chi connectivity index (χ3v) is 9.89. The fourth-order valence-corrected chi connectivity index (χ4v) is 7.50. The summed E-state index contributed by atoms with van der Waals surface area (Å²) in [5, 5.41) is 10.1. The number of carbonyl (C=O) groups is 2. The van der Waals surface area contributed by atoms with E-state index in [4.69, 9.17) is 9.90 Å². The molecule has 0 saturated carbocycles. The standard InChI is InChI=1S/C25H27F3N4O5S2.C2HF3O2/c1-24(2,3)32-22(33)15-21(39(32,36)37)17-9-7-16(8-10-17)13-20(23-29-11-12-30-23)31-38(34,35)19-6-4-5-18(14-19)25(26,27)28;3-2(4,5)1(6)7/h4-10,14-15,20,31H,11-13H2,1-3H3,(H,29,30);(H,6,7). The monoisotopic (exact) mass is 698 g/mol. The van der Waals surface area contributed by atoms with Crippen LogP contribution in [0.5, 0.6) is 0 Å². The summed E-state index contributed by atoms with van der Waals surface area (Å²) < 4.78 is 127. The first kappa shape index (κ1) is 36.5. The third kappa shape index (κ3) is 8.64. The summed E-state index contributed by atoms with van der Waals surface area (Å²) in [7, 11) is -8.43. The van der Waals surface area contributed by atoms with Crippen LogP contribution in [0.1, 0.15) is 37.5 Å². The molecule has 2 heterocycles. The van der Waals surface area contributed by atoms with E-state index >= 15 is 0 Å². The minimum Gasteiger partial charge on any atom is -0.475 e. The van der Waals surface area contributed by atoms with Gasteiger partial charge in [0.15, 0.2) is 0 Å². The van der Waals surface area contributed by atoms with Crippen LogP contribution >= 0.6 is 0 Å². The van der Waals surface area contributed by atoms with Crippen LogP contribution in [0, 0.1) is 0 Å². The van der Waals surface area contributed by atoms with Crippen LogP contribution in [0.15, 0.2) is 64.5 Å². The first-order valence-electron chi connectivity index (χ1n) is 13.1. The van der Waals surface area contributed by atoms with Gasteiger partial charge in [0.2, 0.25) is 10.0 Å². The van der Waals surface area contributed by atoms with Gasteiger partial charge in [-0.15, -0.1) is 0 Å². The van der Waals surface area contributed by atoms with Gasteiger partial charge in [-0.2, -0.15) is 26.3 Å². The molecule has 19 heteroatoms. The maximum absolute atomic E-state index is 13.1. The summed E-state index contributed by atoms with van der Waals surface area (Å²) in [4.78, 5) is 24.9. The van der Waals surface area contributed by atoms with Gasteiger partial charge in [-0.25, -0.2) is 30.7 Å². The molecule has 2 aromatic carbocycles. The van der Waals surface area contributed by atoms with E-state index in [0.717, 1.165) is 28.6 Å². The predicted octanol–water partition coefficient (Wildman–Crippen LogP) is 3.54. The number of benzene rings is 2. The zero-order chi connectivity index (χ0) is 34.9. The lowest BCUT2D eigenvalue weighted by atomic mass is 10.0. The van der Waals surface area contributed by atoms with Gasteiger partial charge in [0, 0.05) is 12.6 Å². The second-order valence-electron chi connectivity index (χ2n) is 10.9. The number of nitrogens with one attached hydrogen (secondary N) is 2. The summed E-state index contributed by atoms with van der Waals surface area (Å²) in [6.45, 7) is 5.72. The van der Waals surface area contributed by atoms with Gasteiger partial charge in [0.25, 0.3) is 15.9 Å². The number of aliphatic carboxylic acids is 1. The van der Waals surface area contributed by atoms with Crippen molar-refractivity contribution in [3.8, 4) is 0 Å². The lowest BCUT2D eigenvalue weighted by Crippen LogP contribution is -2.46. The van der Waals surface area contributed by atoms with E-state index in [1.807, 2.05) is 0 Å². The second kappa shape index (κ2) is 13.0. The number of hydrogen-bond acceptors (Lipinski definition) is 8. The Hall–Kier alpha value is -3.97. The zero-order valence-electron chi connectivity index (χ0n) is 24.3. The average Bonchev–Trinajstić information content (AvgIpc) is 3.53. The van der Waals surface area contributed by atoms with Crippen molar-refractivity contribution in [3.63, 3.8) is 0 Å². The highest BCUT2D eigenvalue weighted by Gasteiger charge is 2.44. The van der Waals surface area contributed by atoms with Crippen molar-refractivity contribution in [2.75, 3.05) is 13.1 Å². The number of nitrogens with zero attached hydrogens (tertiary/aromatic N) is 2. The molecule has 0 saturated heterocycles. The van der Waals surface area contributed by atoms with Gasteiger partial charge in [-0.1, -0.05) is 30.3 Å². The molecule has 0 aliphatic carbocycles. The maximum Gasteiger partial charge on any atom is 0.490 e. The normalized spacial score (nSPS) is 17.4. The van der Waals surface area contributed by atoms with Gasteiger partial charge in [-0.05, 0) is 56.5 Å². The van der Waals surface area contributed by atoms with Crippen LogP contribution < -0.4 is 10.0 Å². The smallest absolute Gasteiger partial charge is 0.475 e. The summed E-state index contributed by atoms with van der Waals surface area (Å²) in [5.74, 6) is -3.06. The maximum atomic E-state index is 13.1. The molecular formula is C27H28F6N4O7S2. The van der Waals surface area contributed by atoms with Crippen molar-refractivity contribution in [3.05, 3.63) is 71.3 Å². The number of alkyl halides is 6.